The van der Waals surface area contributed by atoms with Crippen molar-refractivity contribution < 1.29 is 4.74 Å². The molecule has 1 saturated carbocycles. The van der Waals surface area contributed by atoms with Crippen LogP contribution < -0.4 is 10.5 Å². The van der Waals surface area contributed by atoms with Crippen molar-refractivity contribution in [2.45, 2.75) is 38.6 Å². The first-order valence-corrected chi connectivity index (χ1v) is 10.0. The van der Waals surface area contributed by atoms with E-state index in [0.29, 0.717) is 0 Å². The van der Waals surface area contributed by atoms with E-state index in [9.17, 15) is 4.79 Å². The molecular formula is C20H29N5O2. The third-order valence-electron chi connectivity index (χ3n) is 5.94. The number of aryl methyl sites for hydroxylation is 1. The lowest BCUT2D eigenvalue weighted by molar-refractivity contribution is 0.144. The molecule has 0 atom stereocenters. The molecule has 0 bridgehead atoms. The number of aromatic nitrogens is 3. The second-order valence-corrected chi connectivity index (χ2v) is 7.70. The van der Waals surface area contributed by atoms with Crippen LogP contribution >= 0.6 is 0 Å². The van der Waals surface area contributed by atoms with E-state index in [2.05, 4.69) is 14.8 Å². The Morgan fingerprint density at radius 3 is 2.63 bits per heavy atom. The number of hydrogen-bond donors (Lipinski definition) is 0. The summed E-state index contributed by atoms with van der Waals surface area (Å²) in [7, 11) is 1.74. The summed E-state index contributed by atoms with van der Waals surface area (Å²) < 4.78 is 7.10. The van der Waals surface area contributed by atoms with Gasteiger partial charge in [0.15, 0.2) is 0 Å². The number of pyridine rings is 1. The van der Waals surface area contributed by atoms with Gasteiger partial charge in [-0.15, -0.1) is 0 Å². The molecule has 7 heteroatoms. The maximum absolute atomic E-state index is 12.7. The fourth-order valence-corrected chi connectivity index (χ4v) is 4.32. The van der Waals surface area contributed by atoms with Crippen molar-refractivity contribution in [2.75, 3.05) is 51.3 Å². The molecule has 146 valence electrons. The van der Waals surface area contributed by atoms with Gasteiger partial charge in [0.1, 0.15) is 5.65 Å². The van der Waals surface area contributed by atoms with Crippen LogP contribution in [0.5, 0.6) is 0 Å². The molecule has 0 amide bonds. The lowest BCUT2D eigenvalue weighted by Crippen LogP contribution is -2.47. The van der Waals surface area contributed by atoms with E-state index in [4.69, 9.17) is 9.72 Å². The first-order chi connectivity index (χ1) is 13.2. The molecular weight excluding hydrogens is 342 g/mol. The van der Waals surface area contributed by atoms with E-state index in [1.807, 2.05) is 17.7 Å². The monoisotopic (exact) mass is 371 g/mol. The lowest BCUT2D eigenvalue weighted by Gasteiger charge is -2.34. The van der Waals surface area contributed by atoms with Gasteiger partial charge in [-0.25, -0.2) is 4.98 Å². The number of anilines is 1. The van der Waals surface area contributed by atoms with Crippen molar-refractivity contribution in [1.29, 1.82) is 0 Å². The van der Waals surface area contributed by atoms with Crippen LogP contribution in [0.3, 0.4) is 0 Å². The average molecular weight is 371 g/mol. The van der Waals surface area contributed by atoms with E-state index in [1.54, 1.807) is 13.2 Å². The fraction of sp³-hybridized carbons (Fsp3) is 0.650. The molecule has 2 aromatic heterocycles. The van der Waals surface area contributed by atoms with Crippen molar-refractivity contribution in [2.24, 2.45) is 0 Å². The zero-order valence-electron chi connectivity index (χ0n) is 16.4. The number of methoxy groups -OCH3 is 1. The molecule has 0 unspecified atom stereocenters. The Labute approximate surface area is 160 Å². The highest BCUT2D eigenvalue weighted by atomic mass is 16.5. The predicted octanol–water partition coefficient (Wildman–Crippen LogP) is 1.98. The van der Waals surface area contributed by atoms with Gasteiger partial charge in [0.05, 0.1) is 6.61 Å². The van der Waals surface area contributed by atoms with Crippen LogP contribution in [0.1, 0.15) is 37.3 Å². The highest BCUT2D eigenvalue weighted by Gasteiger charge is 2.23. The van der Waals surface area contributed by atoms with Crippen LogP contribution in [0.15, 0.2) is 17.1 Å². The molecule has 0 radical (unpaired) electrons. The minimum atomic E-state index is 0.0703. The Hall–Kier alpha value is -1.99. The number of nitrogens with zero attached hydrogens (tertiary/aromatic N) is 5. The molecule has 0 aromatic carbocycles. The second kappa shape index (κ2) is 7.94. The quantitative estimate of drug-likeness (QED) is 0.801. The van der Waals surface area contributed by atoms with Gasteiger partial charge < -0.3 is 9.64 Å². The number of piperazine rings is 1. The highest BCUT2D eigenvalue weighted by molar-refractivity contribution is 5.79. The first-order valence-electron chi connectivity index (χ1n) is 10.0. The fourth-order valence-electron chi connectivity index (χ4n) is 4.32. The number of fused-ring (bicyclic) bond motifs is 1. The minimum absolute atomic E-state index is 0.0703. The molecule has 1 aliphatic heterocycles. The summed E-state index contributed by atoms with van der Waals surface area (Å²) in [5.74, 6) is 0.741. The van der Waals surface area contributed by atoms with E-state index in [0.717, 1.165) is 74.7 Å². The molecule has 0 N–H and O–H groups in total. The molecule has 0 spiro atoms. The predicted molar refractivity (Wildman–Crippen MR) is 107 cm³/mol. The van der Waals surface area contributed by atoms with Gasteiger partial charge >= 0.3 is 0 Å². The zero-order chi connectivity index (χ0) is 18.8. The maximum Gasteiger partial charge on any atom is 0.252 e. The van der Waals surface area contributed by atoms with E-state index in [-0.39, 0.29) is 11.6 Å². The van der Waals surface area contributed by atoms with Crippen molar-refractivity contribution in [1.82, 2.24) is 19.4 Å². The van der Waals surface area contributed by atoms with Crippen molar-refractivity contribution >= 4 is 17.0 Å². The smallest absolute Gasteiger partial charge is 0.252 e. The summed E-state index contributed by atoms with van der Waals surface area (Å²) in [6.07, 6.45) is 6.40. The number of rotatable bonds is 5. The first kappa shape index (κ1) is 18.4. The van der Waals surface area contributed by atoms with Crippen LogP contribution in [0.2, 0.25) is 0 Å². The maximum atomic E-state index is 12.7. The van der Waals surface area contributed by atoms with Gasteiger partial charge in [-0.3, -0.25) is 14.3 Å². The van der Waals surface area contributed by atoms with Crippen LogP contribution in [-0.2, 0) is 4.74 Å². The summed E-state index contributed by atoms with van der Waals surface area (Å²) in [5, 5.41) is 0.990. The molecule has 2 aromatic rings. The van der Waals surface area contributed by atoms with Crippen molar-refractivity contribution in [3.8, 4) is 0 Å². The van der Waals surface area contributed by atoms with E-state index < -0.39 is 0 Å². The molecule has 2 aliphatic rings. The summed E-state index contributed by atoms with van der Waals surface area (Å²) in [5.41, 5.74) is 1.83. The Morgan fingerprint density at radius 2 is 1.93 bits per heavy atom. The largest absolute Gasteiger partial charge is 0.383 e. The molecule has 7 nitrogen and oxygen atoms in total. The SMILES string of the molecule is COCCN1CCN(c2ncc3c(C)cc(=O)n(C4CCCC4)c3n2)CC1. The summed E-state index contributed by atoms with van der Waals surface area (Å²) in [4.78, 5) is 26.9. The van der Waals surface area contributed by atoms with Crippen LogP contribution in [0.4, 0.5) is 5.95 Å². The number of ether oxygens (including phenoxy) is 1. The molecule has 27 heavy (non-hydrogen) atoms. The molecule has 3 heterocycles. The summed E-state index contributed by atoms with van der Waals surface area (Å²) in [6.45, 7) is 7.45. The Kier molecular flexibility index (Phi) is 5.41. The number of hydrogen-bond acceptors (Lipinski definition) is 6. The van der Waals surface area contributed by atoms with Crippen molar-refractivity contribution in [3.63, 3.8) is 0 Å². The van der Waals surface area contributed by atoms with Gasteiger partial charge in [0, 0.05) is 63.5 Å². The van der Waals surface area contributed by atoms with Crippen LogP contribution in [0, 0.1) is 6.92 Å². The normalized spacial score (nSPS) is 19.3. The molecule has 4 rings (SSSR count). The van der Waals surface area contributed by atoms with Crippen molar-refractivity contribution in [3.05, 3.63) is 28.2 Å². The Bertz CT molecular complexity index is 851. The van der Waals surface area contributed by atoms with Crippen LogP contribution in [0.25, 0.3) is 11.0 Å². The van der Waals surface area contributed by atoms with Gasteiger partial charge in [0.25, 0.3) is 5.56 Å². The Morgan fingerprint density at radius 1 is 1.19 bits per heavy atom. The molecule has 1 saturated heterocycles. The lowest BCUT2D eigenvalue weighted by atomic mass is 10.1. The second-order valence-electron chi connectivity index (χ2n) is 7.70. The highest BCUT2D eigenvalue weighted by Crippen LogP contribution is 2.31. The zero-order valence-corrected chi connectivity index (χ0v) is 16.4. The van der Waals surface area contributed by atoms with Gasteiger partial charge in [-0.05, 0) is 25.3 Å². The minimum Gasteiger partial charge on any atom is -0.383 e. The van der Waals surface area contributed by atoms with Gasteiger partial charge in [-0.2, -0.15) is 4.98 Å². The summed E-state index contributed by atoms with van der Waals surface area (Å²) in [6, 6.07) is 2.01. The molecule has 1 aliphatic carbocycles. The van der Waals surface area contributed by atoms with E-state index in [1.165, 1.54) is 12.8 Å². The third kappa shape index (κ3) is 3.71. The van der Waals surface area contributed by atoms with Gasteiger partial charge in [0.2, 0.25) is 5.95 Å². The average Bonchev–Trinajstić information content (AvgIpc) is 3.20. The Balaban J connectivity index is 1.64. The standard InChI is InChI=1S/C20H29N5O2/c1-15-13-18(26)25(16-5-3-4-6-16)19-17(15)14-21-20(22-19)24-9-7-23(8-10-24)11-12-27-2/h13-14,16H,3-12H2,1-2H3. The van der Waals surface area contributed by atoms with E-state index >= 15 is 0 Å². The van der Waals surface area contributed by atoms with Gasteiger partial charge in [-0.1, -0.05) is 12.8 Å². The topological polar surface area (TPSA) is 63.5 Å². The third-order valence-corrected chi connectivity index (χ3v) is 5.94. The van der Waals surface area contributed by atoms with Crippen LogP contribution in [-0.4, -0.2) is 65.9 Å². The molecule has 2 fully saturated rings. The summed E-state index contributed by atoms with van der Waals surface area (Å²) >= 11 is 0.